The van der Waals surface area contributed by atoms with E-state index >= 15 is 0 Å². The Balaban J connectivity index is 1.28. The molecule has 0 saturated carbocycles. The third kappa shape index (κ3) is 6.67. The van der Waals surface area contributed by atoms with Crippen LogP contribution in [0.1, 0.15) is 43.4 Å². The Labute approximate surface area is 212 Å². The molecule has 2 heterocycles. The zero-order valence-corrected chi connectivity index (χ0v) is 21.3. The van der Waals surface area contributed by atoms with Gasteiger partial charge >= 0.3 is 0 Å². The van der Waals surface area contributed by atoms with Gasteiger partial charge in [0.05, 0.1) is 5.71 Å². The second-order valence-electron chi connectivity index (χ2n) is 9.23. The number of hydrogen-bond acceptors (Lipinski definition) is 6. The molecule has 1 aromatic heterocycles. The Morgan fingerprint density at radius 3 is 2.42 bits per heavy atom. The molecule has 0 amide bonds. The number of halogens is 1. The highest BCUT2D eigenvalue weighted by atomic mass is 32.2. The van der Waals surface area contributed by atoms with Gasteiger partial charge in [-0.05, 0) is 48.7 Å². The molecule has 0 radical (unpaired) electrons. The Bertz CT molecular complexity index is 1280. The van der Waals surface area contributed by atoms with Gasteiger partial charge in [0.1, 0.15) is 23.0 Å². The number of hydrogen-bond donors (Lipinski definition) is 1. The molecule has 36 heavy (non-hydrogen) atoms. The molecule has 2 aromatic carbocycles. The lowest BCUT2D eigenvalue weighted by molar-refractivity contribution is 0.128. The fourth-order valence-electron chi connectivity index (χ4n) is 3.88. The van der Waals surface area contributed by atoms with Crippen LogP contribution in [0.25, 0.3) is 0 Å². The van der Waals surface area contributed by atoms with E-state index < -0.39 is 15.7 Å². The molecule has 1 aliphatic heterocycles. The first kappa shape index (κ1) is 25.8. The first-order valence-corrected chi connectivity index (χ1v) is 13.4. The van der Waals surface area contributed by atoms with Crippen LogP contribution >= 0.6 is 0 Å². The van der Waals surface area contributed by atoms with Crippen LogP contribution in [0.3, 0.4) is 0 Å². The standard InChI is InChI=1S/C27H31FN4O3S/c1-27(2,28)23-10-6-9-22(17-23)20-35-31-24-13-15-32(16-14-24)36(33,34)25-11-12-26(30-19-25)29-18-21-7-4-3-5-8-21/h3-12,17,19H,13-16,18,20H2,1-2H3,(H,29,30). The normalized spacial score (nSPS) is 14.9. The molecule has 1 aliphatic rings. The van der Waals surface area contributed by atoms with Gasteiger partial charge in [-0.1, -0.05) is 53.7 Å². The number of nitrogens with one attached hydrogen (secondary N) is 1. The fraction of sp³-hybridized carbons (Fsp3) is 0.333. The maximum Gasteiger partial charge on any atom is 0.244 e. The highest BCUT2D eigenvalue weighted by Gasteiger charge is 2.28. The average Bonchev–Trinajstić information content (AvgIpc) is 2.88. The summed E-state index contributed by atoms with van der Waals surface area (Å²) in [5, 5.41) is 7.40. The van der Waals surface area contributed by atoms with Crippen LogP contribution in [0.4, 0.5) is 10.2 Å². The van der Waals surface area contributed by atoms with Crippen LogP contribution in [-0.4, -0.2) is 36.5 Å². The molecule has 0 atom stereocenters. The van der Waals surface area contributed by atoms with Crippen LogP contribution in [-0.2, 0) is 33.7 Å². The van der Waals surface area contributed by atoms with E-state index in [9.17, 15) is 12.8 Å². The SMILES string of the molecule is CC(C)(F)c1cccc(CON=C2CCN(S(=O)(=O)c3ccc(NCc4ccccc4)nc3)CC2)c1. The first-order valence-electron chi connectivity index (χ1n) is 11.9. The third-order valence-corrected chi connectivity index (χ3v) is 7.91. The van der Waals surface area contributed by atoms with Gasteiger partial charge < -0.3 is 10.2 Å². The van der Waals surface area contributed by atoms with Gasteiger partial charge in [-0.25, -0.2) is 17.8 Å². The van der Waals surface area contributed by atoms with Crippen molar-refractivity contribution in [2.24, 2.45) is 5.16 Å². The van der Waals surface area contributed by atoms with Crippen molar-refractivity contribution < 1.29 is 17.6 Å². The quantitative estimate of drug-likeness (QED) is 0.397. The third-order valence-electron chi connectivity index (χ3n) is 6.03. The van der Waals surface area contributed by atoms with Crippen molar-refractivity contribution in [1.29, 1.82) is 0 Å². The van der Waals surface area contributed by atoms with Crippen LogP contribution in [0.15, 0.2) is 83.0 Å². The highest BCUT2D eigenvalue weighted by molar-refractivity contribution is 7.89. The summed E-state index contributed by atoms with van der Waals surface area (Å²) in [5.74, 6) is 0.614. The number of sulfonamides is 1. The Hall–Kier alpha value is -3.30. The van der Waals surface area contributed by atoms with E-state index in [0.29, 0.717) is 43.9 Å². The smallest absolute Gasteiger partial charge is 0.244 e. The van der Waals surface area contributed by atoms with Crippen LogP contribution in [0.5, 0.6) is 0 Å². The minimum absolute atomic E-state index is 0.167. The van der Waals surface area contributed by atoms with Crippen molar-refractivity contribution in [1.82, 2.24) is 9.29 Å². The molecule has 7 nitrogen and oxygen atoms in total. The Morgan fingerprint density at radius 2 is 1.75 bits per heavy atom. The van der Waals surface area contributed by atoms with E-state index in [4.69, 9.17) is 4.84 Å². The number of rotatable bonds is 9. The Morgan fingerprint density at radius 1 is 1.03 bits per heavy atom. The molecular formula is C27H31FN4O3S. The van der Waals surface area contributed by atoms with Gasteiger partial charge in [-0.15, -0.1) is 0 Å². The summed E-state index contributed by atoms with van der Waals surface area (Å²) in [6, 6.07) is 20.3. The molecule has 4 rings (SSSR count). The second-order valence-corrected chi connectivity index (χ2v) is 11.2. The number of anilines is 1. The van der Waals surface area contributed by atoms with E-state index in [1.54, 1.807) is 30.3 Å². The first-order chi connectivity index (χ1) is 17.2. The molecule has 1 saturated heterocycles. The maximum absolute atomic E-state index is 14.2. The topological polar surface area (TPSA) is 83.9 Å². The molecule has 0 aliphatic carbocycles. The lowest BCUT2D eigenvalue weighted by atomic mass is 9.98. The maximum atomic E-state index is 14.2. The van der Waals surface area contributed by atoms with Crippen LogP contribution in [0.2, 0.25) is 0 Å². The molecule has 190 valence electrons. The number of oxime groups is 1. The lowest BCUT2D eigenvalue weighted by Crippen LogP contribution is -2.38. The van der Waals surface area contributed by atoms with Crippen LogP contribution < -0.4 is 5.32 Å². The van der Waals surface area contributed by atoms with Crippen molar-refractivity contribution >= 4 is 21.6 Å². The summed E-state index contributed by atoms with van der Waals surface area (Å²) in [6.07, 6.45) is 2.37. The van der Waals surface area contributed by atoms with Crippen molar-refractivity contribution in [2.75, 3.05) is 18.4 Å². The molecule has 1 fully saturated rings. The number of nitrogens with zero attached hydrogens (tertiary/aromatic N) is 3. The van der Waals surface area contributed by atoms with Crippen molar-refractivity contribution in [3.8, 4) is 0 Å². The predicted molar refractivity (Wildman–Crippen MR) is 139 cm³/mol. The highest BCUT2D eigenvalue weighted by Crippen LogP contribution is 2.25. The monoisotopic (exact) mass is 510 g/mol. The van der Waals surface area contributed by atoms with E-state index in [2.05, 4.69) is 15.5 Å². The zero-order chi connectivity index (χ0) is 25.6. The summed E-state index contributed by atoms with van der Waals surface area (Å²) in [4.78, 5) is 9.92. The van der Waals surface area contributed by atoms with E-state index in [1.165, 1.54) is 24.3 Å². The average molecular weight is 511 g/mol. The summed E-state index contributed by atoms with van der Waals surface area (Å²) in [7, 11) is -3.64. The number of alkyl halides is 1. The largest absolute Gasteiger partial charge is 0.391 e. The summed E-state index contributed by atoms with van der Waals surface area (Å²) < 4.78 is 41.7. The minimum Gasteiger partial charge on any atom is -0.391 e. The number of piperidine rings is 1. The fourth-order valence-corrected chi connectivity index (χ4v) is 5.27. The second kappa shape index (κ2) is 11.2. The summed E-state index contributed by atoms with van der Waals surface area (Å²) >= 11 is 0. The molecule has 0 spiro atoms. The number of benzene rings is 2. The summed E-state index contributed by atoms with van der Waals surface area (Å²) in [6.45, 7) is 4.51. The van der Waals surface area contributed by atoms with Gasteiger partial charge in [0.25, 0.3) is 0 Å². The zero-order valence-electron chi connectivity index (χ0n) is 20.5. The molecule has 3 aromatic rings. The van der Waals surface area contributed by atoms with Gasteiger partial charge in [0, 0.05) is 38.7 Å². The van der Waals surface area contributed by atoms with Gasteiger partial charge in [0.2, 0.25) is 10.0 Å². The van der Waals surface area contributed by atoms with E-state index in [0.717, 1.165) is 16.8 Å². The van der Waals surface area contributed by atoms with E-state index in [1.807, 2.05) is 36.4 Å². The molecule has 0 unspecified atom stereocenters. The van der Waals surface area contributed by atoms with Gasteiger partial charge in [-0.2, -0.15) is 4.31 Å². The molecule has 1 N–H and O–H groups in total. The van der Waals surface area contributed by atoms with Crippen molar-refractivity contribution in [3.05, 3.63) is 89.6 Å². The Kier molecular flexibility index (Phi) is 8.01. The lowest BCUT2D eigenvalue weighted by Gasteiger charge is -2.26. The van der Waals surface area contributed by atoms with Crippen molar-refractivity contribution in [3.63, 3.8) is 0 Å². The predicted octanol–water partition coefficient (Wildman–Crippen LogP) is 5.26. The molecule has 0 bridgehead atoms. The minimum atomic E-state index is -3.64. The number of pyridine rings is 1. The van der Waals surface area contributed by atoms with Gasteiger partial charge in [0.15, 0.2) is 0 Å². The molecule has 9 heteroatoms. The summed E-state index contributed by atoms with van der Waals surface area (Å²) in [5.41, 5.74) is 1.92. The molecular weight excluding hydrogens is 479 g/mol. The van der Waals surface area contributed by atoms with Crippen LogP contribution in [0, 0.1) is 0 Å². The van der Waals surface area contributed by atoms with Crippen molar-refractivity contribution in [2.45, 2.75) is 50.4 Å². The number of aromatic nitrogens is 1. The van der Waals surface area contributed by atoms with E-state index in [-0.39, 0.29) is 11.5 Å². The van der Waals surface area contributed by atoms with Gasteiger partial charge in [-0.3, -0.25) is 0 Å².